The van der Waals surface area contributed by atoms with Crippen molar-refractivity contribution in [3.8, 4) is 0 Å². The van der Waals surface area contributed by atoms with Gasteiger partial charge in [0, 0.05) is 51.2 Å². The number of methoxy groups -OCH3 is 1. The Balaban J connectivity index is 1.81. The standard InChI is InChI=1S/C21H26N4O5S/c1-14-19(12-23-31(28,29)24(2)3)18-8-9-25(13-17(18)11-22-14)20(26)15-6-5-7-16(10-15)21(27)30-4/h5-7,10-11,23H,8-9,12-13H2,1-4H3. The number of benzene rings is 1. The normalized spacial score (nSPS) is 13.8. The molecule has 2 heterocycles. The van der Waals surface area contributed by atoms with Crippen LogP contribution in [-0.2, 0) is 34.5 Å². The number of hydrogen-bond donors (Lipinski definition) is 1. The van der Waals surface area contributed by atoms with Gasteiger partial charge in [-0.3, -0.25) is 9.78 Å². The molecule has 9 nitrogen and oxygen atoms in total. The van der Waals surface area contributed by atoms with Crippen LogP contribution in [0.25, 0.3) is 0 Å². The number of esters is 1. The lowest BCUT2D eigenvalue weighted by Crippen LogP contribution is -2.38. The van der Waals surface area contributed by atoms with Gasteiger partial charge in [-0.25, -0.2) is 4.79 Å². The van der Waals surface area contributed by atoms with Crippen LogP contribution >= 0.6 is 0 Å². The smallest absolute Gasteiger partial charge is 0.337 e. The molecule has 0 radical (unpaired) electrons. The van der Waals surface area contributed by atoms with Crippen molar-refractivity contribution < 1.29 is 22.7 Å². The summed E-state index contributed by atoms with van der Waals surface area (Å²) in [6, 6.07) is 6.44. The van der Waals surface area contributed by atoms with Crippen molar-refractivity contribution in [1.29, 1.82) is 0 Å². The van der Waals surface area contributed by atoms with E-state index in [2.05, 4.69) is 9.71 Å². The van der Waals surface area contributed by atoms with Crippen molar-refractivity contribution in [3.63, 3.8) is 0 Å². The molecule has 0 fully saturated rings. The molecular formula is C21H26N4O5S. The first kappa shape index (κ1) is 22.9. The topological polar surface area (TPSA) is 109 Å². The zero-order chi connectivity index (χ0) is 22.8. The predicted molar refractivity (Wildman–Crippen MR) is 115 cm³/mol. The number of amides is 1. The van der Waals surface area contributed by atoms with Crippen LogP contribution in [0.1, 0.15) is 43.1 Å². The number of carbonyl (C=O) groups excluding carboxylic acids is 2. The number of aryl methyl sites for hydroxylation is 1. The van der Waals surface area contributed by atoms with Crippen molar-refractivity contribution in [1.82, 2.24) is 18.9 Å². The lowest BCUT2D eigenvalue weighted by molar-refractivity contribution is 0.0600. The minimum atomic E-state index is -3.56. The third kappa shape index (κ3) is 4.92. The van der Waals surface area contributed by atoms with E-state index in [1.807, 2.05) is 6.92 Å². The van der Waals surface area contributed by atoms with E-state index < -0.39 is 16.2 Å². The molecule has 1 aliphatic rings. The van der Waals surface area contributed by atoms with Crippen LogP contribution in [-0.4, -0.2) is 62.2 Å². The average molecular weight is 447 g/mol. The van der Waals surface area contributed by atoms with Gasteiger partial charge in [0.1, 0.15) is 0 Å². The van der Waals surface area contributed by atoms with E-state index in [1.165, 1.54) is 27.3 Å². The Morgan fingerprint density at radius 1 is 1.26 bits per heavy atom. The summed E-state index contributed by atoms with van der Waals surface area (Å²) in [4.78, 5) is 30.9. The summed E-state index contributed by atoms with van der Waals surface area (Å²) in [5, 5.41) is 0. The van der Waals surface area contributed by atoms with Crippen LogP contribution in [0, 0.1) is 6.92 Å². The SMILES string of the molecule is COC(=O)c1cccc(C(=O)N2CCc3c(cnc(C)c3CNS(=O)(=O)N(C)C)C2)c1. The molecule has 31 heavy (non-hydrogen) atoms. The number of pyridine rings is 1. The Morgan fingerprint density at radius 3 is 2.65 bits per heavy atom. The minimum absolute atomic E-state index is 0.137. The Hall–Kier alpha value is -2.82. The summed E-state index contributed by atoms with van der Waals surface area (Å²) in [7, 11) is 0.665. The second kappa shape index (κ2) is 9.13. The summed E-state index contributed by atoms with van der Waals surface area (Å²) in [6.07, 6.45) is 2.32. The third-order valence-electron chi connectivity index (χ3n) is 5.33. The maximum absolute atomic E-state index is 13.0. The molecule has 0 spiro atoms. The largest absolute Gasteiger partial charge is 0.465 e. The molecule has 1 N–H and O–H groups in total. The molecule has 166 valence electrons. The van der Waals surface area contributed by atoms with E-state index in [-0.39, 0.29) is 12.5 Å². The lowest BCUT2D eigenvalue weighted by atomic mass is 9.94. The highest BCUT2D eigenvalue weighted by Crippen LogP contribution is 2.25. The molecule has 1 amide bonds. The van der Waals surface area contributed by atoms with Crippen molar-refractivity contribution in [2.75, 3.05) is 27.7 Å². The van der Waals surface area contributed by atoms with Crippen molar-refractivity contribution >= 4 is 22.1 Å². The number of rotatable bonds is 6. The van der Waals surface area contributed by atoms with Crippen molar-refractivity contribution in [2.45, 2.75) is 26.4 Å². The zero-order valence-corrected chi connectivity index (χ0v) is 18.8. The quantitative estimate of drug-likeness (QED) is 0.670. The van der Waals surface area contributed by atoms with Crippen LogP contribution in [0.5, 0.6) is 0 Å². The number of carbonyl (C=O) groups is 2. The van der Waals surface area contributed by atoms with E-state index in [0.717, 1.165) is 26.7 Å². The van der Waals surface area contributed by atoms with E-state index in [1.54, 1.807) is 29.3 Å². The molecule has 1 aliphatic heterocycles. The molecule has 0 bridgehead atoms. The van der Waals surface area contributed by atoms with E-state index in [0.29, 0.717) is 30.6 Å². The Bertz CT molecular complexity index is 1110. The van der Waals surface area contributed by atoms with Crippen molar-refractivity contribution in [3.05, 3.63) is 64.0 Å². The fourth-order valence-electron chi connectivity index (χ4n) is 3.50. The van der Waals surface area contributed by atoms with Gasteiger partial charge in [0.25, 0.3) is 16.1 Å². The lowest BCUT2D eigenvalue weighted by Gasteiger charge is -2.30. The Kier molecular flexibility index (Phi) is 6.73. The Morgan fingerprint density at radius 2 is 1.97 bits per heavy atom. The van der Waals surface area contributed by atoms with Gasteiger partial charge in [-0.2, -0.15) is 17.4 Å². The molecule has 0 atom stereocenters. The molecule has 2 aromatic rings. The van der Waals surface area contributed by atoms with Crippen LogP contribution < -0.4 is 4.72 Å². The average Bonchev–Trinajstić information content (AvgIpc) is 2.77. The molecule has 0 saturated heterocycles. The highest BCUT2D eigenvalue weighted by molar-refractivity contribution is 7.87. The number of aromatic nitrogens is 1. The summed E-state index contributed by atoms with van der Waals surface area (Å²) in [6.45, 7) is 2.82. The molecule has 0 saturated carbocycles. The summed E-state index contributed by atoms with van der Waals surface area (Å²) in [5.41, 5.74) is 4.21. The van der Waals surface area contributed by atoms with Gasteiger partial charge in [0.15, 0.2) is 0 Å². The van der Waals surface area contributed by atoms with E-state index in [9.17, 15) is 18.0 Å². The van der Waals surface area contributed by atoms with Crippen LogP contribution in [0.2, 0.25) is 0 Å². The monoisotopic (exact) mass is 446 g/mol. The maximum atomic E-state index is 13.0. The van der Waals surface area contributed by atoms with Crippen LogP contribution in [0.15, 0.2) is 30.5 Å². The molecule has 0 unspecified atom stereocenters. The van der Waals surface area contributed by atoms with Gasteiger partial charge in [-0.05, 0) is 48.2 Å². The molecule has 10 heteroatoms. The highest BCUT2D eigenvalue weighted by atomic mass is 32.2. The van der Waals surface area contributed by atoms with Gasteiger partial charge in [-0.15, -0.1) is 0 Å². The van der Waals surface area contributed by atoms with Gasteiger partial charge < -0.3 is 9.64 Å². The van der Waals surface area contributed by atoms with Gasteiger partial charge in [0.05, 0.1) is 12.7 Å². The van der Waals surface area contributed by atoms with E-state index in [4.69, 9.17) is 4.74 Å². The van der Waals surface area contributed by atoms with Gasteiger partial charge >= 0.3 is 5.97 Å². The number of nitrogens with zero attached hydrogens (tertiary/aromatic N) is 3. The second-order valence-electron chi connectivity index (χ2n) is 7.48. The number of hydrogen-bond acceptors (Lipinski definition) is 6. The Labute approximate surface area is 182 Å². The van der Waals surface area contributed by atoms with Crippen molar-refractivity contribution in [2.24, 2.45) is 0 Å². The number of fused-ring (bicyclic) bond motifs is 1. The first-order valence-corrected chi connectivity index (χ1v) is 11.2. The molecular weight excluding hydrogens is 420 g/mol. The number of nitrogens with one attached hydrogen (secondary N) is 1. The molecule has 3 rings (SSSR count). The summed E-state index contributed by atoms with van der Waals surface area (Å²) >= 11 is 0. The fourth-order valence-corrected chi connectivity index (χ4v) is 4.09. The number of ether oxygens (including phenoxy) is 1. The maximum Gasteiger partial charge on any atom is 0.337 e. The molecule has 1 aromatic heterocycles. The zero-order valence-electron chi connectivity index (χ0n) is 18.0. The first-order chi connectivity index (χ1) is 14.6. The van der Waals surface area contributed by atoms with Gasteiger partial charge in [-0.1, -0.05) is 6.07 Å². The highest BCUT2D eigenvalue weighted by Gasteiger charge is 2.26. The summed E-state index contributed by atoms with van der Waals surface area (Å²) in [5.74, 6) is -0.685. The van der Waals surface area contributed by atoms with E-state index >= 15 is 0 Å². The predicted octanol–water partition coefficient (Wildman–Crippen LogP) is 1.27. The minimum Gasteiger partial charge on any atom is -0.465 e. The van der Waals surface area contributed by atoms with Crippen LogP contribution in [0.4, 0.5) is 0 Å². The fraction of sp³-hybridized carbons (Fsp3) is 0.381. The summed E-state index contributed by atoms with van der Waals surface area (Å²) < 4.78 is 32.6. The first-order valence-electron chi connectivity index (χ1n) is 9.75. The van der Waals surface area contributed by atoms with Gasteiger partial charge in [0.2, 0.25) is 0 Å². The molecule has 0 aliphatic carbocycles. The molecule has 1 aromatic carbocycles. The van der Waals surface area contributed by atoms with Crippen LogP contribution in [0.3, 0.4) is 0 Å². The second-order valence-corrected chi connectivity index (χ2v) is 9.45. The third-order valence-corrected chi connectivity index (χ3v) is 6.80.